The lowest BCUT2D eigenvalue weighted by atomic mass is 9.99. The fourth-order valence-corrected chi connectivity index (χ4v) is 2.38. The molecule has 0 saturated carbocycles. The lowest BCUT2D eigenvalue weighted by Crippen LogP contribution is -2.28. The molecule has 1 saturated heterocycles. The zero-order valence-corrected chi connectivity index (χ0v) is 10.9. The molecule has 3 rings (SSSR count). The third-order valence-electron chi connectivity index (χ3n) is 3.53. The number of hydrogen-bond donors (Lipinski definition) is 1. The van der Waals surface area contributed by atoms with Gasteiger partial charge >= 0.3 is 0 Å². The maximum absolute atomic E-state index is 12.2. The van der Waals surface area contributed by atoms with Gasteiger partial charge in [0.1, 0.15) is 0 Å². The molecule has 1 fully saturated rings. The summed E-state index contributed by atoms with van der Waals surface area (Å²) in [7, 11) is 0. The summed E-state index contributed by atoms with van der Waals surface area (Å²) < 4.78 is 7.05. The first-order valence-corrected chi connectivity index (χ1v) is 6.56. The van der Waals surface area contributed by atoms with E-state index in [0.29, 0.717) is 13.2 Å². The Hall–Kier alpha value is -1.88. The van der Waals surface area contributed by atoms with E-state index in [1.807, 2.05) is 25.3 Å². The molecular weight excluding hydrogens is 242 g/mol. The number of nitrogens with zero attached hydrogens (tertiary/aromatic N) is 2. The third-order valence-corrected chi connectivity index (χ3v) is 3.53. The molecule has 0 aromatic carbocycles. The highest BCUT2D eigenvalue weighted by molar-refractivity contribution is 5.96. The topological polar surface area (TPSA) is 55.6 Å². The first-order chi connectivity index (χ1) is 9.24. The van der Waals surface area contributed by atoms with E-state index < -0.39 is 0 Å². The van der Waals surface area contributed by atoms with Crippen LogP contribution in [0, 0.1) is 12.8 Å². The van der Waals surface area contributed by atoms with Crippen molar-refractivity contribution >= 4 is 17.1 Å². The molecule has 1 aliphatic rings. The van der Waals surface area contributed by atoms with Gasteiger partial charge < -0.3 is 10.1 Å². The van der Waals surface area contributed by atoms with Crippen LogP contribution in [0.3, 0.4) is 0 Å². The van der Waals surface area contributed by atoms with Crippen LogP contribution >= 0.6 is 0 Å². The smallest absolute Gasteiger partial charge is 0.227 e. The molecule has 0 spiro atoms. The van der Waals surface area contributed by atoms with E-state index in [0.717, 1.165) is 29.6 Å². The van der Waals surface area contributed by atoms with Crippen molar-refractivity contribution in [2.45, 2.75) is 19.8 Å². The molecular formula is C14H17N3O2. The summed E-state index contributed by atoms with van der Waals surface area (Å²) in [4.78, 5) is 12.2. The number of pyridine rings is 1. The molecule has 0 atom stereocenters. The van der Waals surface area contributed by atoms with Crippen molar-refractivity contribution in [3.63, 3.8) is 0 Å². The molecule has 5 heteroatoms. The van der Waals surface area contributed by atoms with Crippen molar-refractivity contribution in [3.05, 3.63) is 30.1 Å². The van der Waals surface area contributed by atoms with Gasteiger partial charge in [0, 0.05) is 25.3 Å². The number of amides is 1. The highest BCUT2D eigenvalue weighted by Gasteiger charge is 2.22. The van der Waals surface area contributed by atoms with Crippen molar-refractivity contribution in [1.82, 2.24) is 9.61 Å². The van der Waals surface area contributed by atoms with Gasteiger partial charge in [0.25, 0.3) is 0 Å². The predicted octanol–water partition coefficient (Wildman–Crippen LogP) is 2.01. The lowest BCUT2D eigenvalue weighted by Gasteiger charge is -2.20. The molecule has 2 aromatic heterocycles. The molecule has 100 valence electrons. The molecule has 3 heterocycles. The second-order valence-electron chi connectivity index (χ2n) is 4.97. The van der Waals surface area contributed by atoms with Gasteiger partial charge in [0.05, 0.1) is 17.4 Å². The molecule has 5 nitrogen and oxygen atoms in total. The monoisotopic (exact) mass is 259 g/mol. The van der Waals surface area contributed by atoms with Crippen LogP contribution in [0.25, 0.3) is 5.52 Å². The van der Waals surface area contributed by atoms with E-state index in [1.165, 1.54) is 0 Å². The molecule has 1 N–H and O–H groups in total. The Bertz CT molecular complexity index is 600. The van der Waals surface area contributed by atoms with Gasteiger partial charge in [-0.05, 0) is 37.5 Å². The fraction of sp³-hybridized carbons (Fsp3) is 0.429. The SMILES string of the molecule is Cc1ccn2ncc(NC(=O)C3CCOCC3)c2c1. The Kier molecular flexibility index (Phi) is 3.21. The van der Waals surface area contributed by atoms with Crippen molar-refractivity contribution in [3.8, 4) is 0 Å². The third kappa shape index (κ3) is 2.46. The quantitative estimate of drug-likeness (QED) is 0.897. The summed E-state index contributed by atoms with van der Waals surface area (Å²) in [5.74, 6) is 0.119. The van der Waals surface area contributed by atoms with Gasteiger partial charge in [0.15, 0.2) is 0 Å². The van der Waals surface area contributed by atoms with Crippen molar-refractivity contribution in [2.75, 3.05) is 18.5 Å². The summed E-state index contributed by atoms with van der Waals surface area (Å²) in [6.07, 6.45) is 5.19. The molecule has 1 amide bonds. The summed E-state index contributed by atoms with van der Waals surface area (Å²) in [6.45, 7) is 3.37. The normalized spacial score (nSPS) is 16.7. The summed E-state index contributed by atoms with van der Waals surface area (Å²) in [5.41, 5.74) is 2.86. The first-order valence-electron chi connectivity index (χ1n) is 6.56. The predicted molar refractivity (Wildman–Crippen MR) is 72.1 cm³/mol. The largest absolute Gasteiger partial charge is 0.381 e. The van der Waals surface area contributed by atoms with Crippen LogP contribution in [0.15, 0.2) is 24.5 Å². The number of ether oxygens (including phenoxy) is 1. The molecule has 0 unspecified atom stereocenters. The second kappa shape index (κ2) is 5.01. The van der Waals surface area contributed by atoms with Crippen molar-refractivity contribution in [1.29, 1.82) is 0 Å². The van der Waals surface area contributed by atoms with Crippen molar-refractivity contribution < 1.29 is 9.53 Å². The van der Waals surface area contributed by atoms with Gasteiger partial charge in [0.2, 0.25) is 5.91 Å². The van der Waals surface area contributed by atoms with Crippen LogP contribution in [-0.2, 0) is 9.53 Å². The number of carbonyl (C=O) groups is 1. The van der Waals surface area contributed by atoms with E-state index in [4.69, 9.17) is 4.74 Å². The molecule has 0 bridgehead atoms. The van der Waals surface area contributed by atoms with Gasteiger partial charge in [-0.25, -0.2) is 4.52 Å². The number of aromatic nitrogens is 2. The van der Waals surface area contributed by atoms with Crippen LogP contribution < -0.4 is 5.32 Å². The molecule has 1 aliphatic heterocycles. The fourth-order valence-electron chi connectivity index (χ4n) is 2.38. The van der Waals surface area contributed by atoms with Gasteiger partial charge in [-0.2, -0.15) is 5.10 Å². The number of aryl methyl sites for hydroxylation is 1. The van der Waals surface area contributed by atoms with E-state index in [9.17, 15) is 4.79 Å². The van der Waals surface area contributed by atoms with Crippen LogP contribution in [0.5, 0.6) is 0 Å². The number of rotatable bonds is 2. The summed E-state index contributed by atoms with van der Waals surface area (Å²) in [6, 6.07) is 4.01. The van der Waals surface area contributed by atoms with E-state index in [2.05, 4.69) is 10.4 Å². The minimum atomic E-state index is 0.0495. The molecule has 0 radical (unpaired) electrons. The standard InChI is InChI=1S/C14H17N3O2/c1-10-2-5-17-13(8-10)12(9-15-17)16-14(18)11-3-6-19-7-4-11/h2,5,8-9,11H,3-4,6-7H2,1H3,(H,16,18). The summed E-state index contributed by atoms with van der Waals surface area (Å²) >= 11 is 0. The zero-order valence-electron chi connectivity index (χ0n) is 10.9. The van der Waals surface area contributed by atoms with Gasteiger partial charge in [-0.1, -0.05) is 0 Å². The number of fused-ring (bicyclic) bond motifs is 1. The maximum atomic E-state index is 12.2. The second-order valence-corrected chi connectivity index (χ2v) is 4.97. The van der Waals surface area contributed by atoms with Gasteiger partial charge in [-0.15, -0.1) is 0 Å². The van der Waals surface area contributed by atoms with Crippen LogP contribution in [0.4, 0.5) is 5.69 Å². The Morgan fingerprint density at radius 1 is 1.47 bits per heavy atom. The van der Waals surface area contributed by atoms with Crippen LogP contribution in [0.1, 0.15) is 18.4 Å². The van der Waals surface area contributed by atoms with E-state index in [1.54, 1.807) is 10.7 Å². The molecule has 19 heavy (non-hydrogen) atoms. The highest BCUT2D eigenvalue weighted by Crippen LogP contribution is 2.21. The Morgan fingerprint density at radius 3 is 3.05 bits per heavy atom. The Balaban J connectivity index is 1.80. The maximum Gasteiger partial charge on any atom is 0.227 e. The minimum absolute atomic E-state index is 0.0495. The average Bonchev–Trinajstić information content (AvgIpc) is 2.82. The van der Waals surface area contributed by atoms with E-state index >= 15 is 0 Å². The van der Waals surface area contributed by atoms with Crippen molar-refractivity contribution in [2.24, 2.45) is 5.92 Å². The van der Waals surface area contributed by atoms with Crippen LogP contribution in [-0.4, -0.2) is 28.7 Å². The van der Waals surface area contributed by atoms with Crippen LogP contribution in [0.2, 0.25) is 0 Å². The highest BCUT2D eigenvalue weighted by atomic mass is 16.5. The zero-order chi connectivity index (χ0) is 13.2. The minimum Gasteiger partial charge on any atom is -0.381 e. The lowest BCUT2D eigenvalue weighted by molar-refractivity contribution is -0.122. The Labute approximate surface area is 111 Å². The summed E-state index contributed by atoms with van der Waals surface area (Å²) in [5, 5.41) is 7.22. The molecule has 2 aromatic rings. The number of anilines is 1. The Morgan fingerprint density at radius 2 is 2.26 bits per heavy atom. The van der Waals surface area contributed by atoms with Gasteiger partial charge in [-0.3, -0.25) is 4.79 Å². The van der Waals surface area contributed by atoms with E-state index in [-0.39, 0.29) is 11.8 Å². The number of hydrogen-bond acceptors (Lipinski definition) is 3. The molecule has 0 aliphatic carbocycles. The number of carbonyl (C=O) groups excluding carboxylic acids is 1. The average molecular weight is 259 g/mol. The number of nitrogens with one attached hydrogen (secondary N) is 1. The first kappa shape index (κ1) is 12.2.